The first-order valence-corrected chi connectivity index (χ1v) is 6.83. The van der Waals surface area contributed by atoms with Crippen molar-refractivity contribution in [2.45, 2.75) is 19.8 Å². The summed E-state index contributed by atoms with van der Waals surface area (Å²) in [6, 6.07) is 9.89. The predicted molar refractivity (Wildman–Crippen MR) is 74.8 cm³/mol. The summed E-state index contributed by atoms with van der Waals surface area (Å²) < 4.78 is 4.01. The van der Waals surface area contributed by atoms with Crippen molar-refractivity contribution in [1.82, 2.24) is 24.8 Å². The number of nitrogens with zero attached hydrogens (tertiary/aromatic N) is 4. The second kappa shape index (κ2) is 4.89. The van der Waals surface area contributed by atoms with Gasteiger partial charge in [0.05, 0.1) is 5.69 Å². The van der Waals surface area contributed by atoms with Gasteiger partial charge < -0.3 is 0 Å². The molecule has 2 heterocycles. The normalized spacial score (nSPS) is 11.1. The molecule has 0 aliphatic heterocycles. The zero-order chi connectivity index (χ0) is 13.2. The highest BCUT2D eigenvalue weighted by Gasteiger charge is 2.17. The fourth-order valence-electron chi connectivity index (χ4n) is 1.82. The third-order valence-electron chi connectivity index (χ3n) is 2.79. The van der Waals surface area contributed by atoms with E-state index in [0.717, 1.165) is 22.0 Å². The van der Waals surface area contributed by atoms with Gasteiger partial charge in [-0.25, -0.2) is 4.98 Å². The highest BCUT2D eigenvalue weighted by atomic mass is 32.1. The molecule has 0 unspecified atom stereocenters. The quantitative estimate of drug-likeness (QED) is 0.794. The number of aromatic amines is 1. The molecule has 0 spiro atoms. The maximum Gasteiger partial charge on any atom is 0.181 e. The molecule has 3 rings (SSSR count). The van der Waals surface area contributed by atoms with E-state index in [4.69, 9.17) is 0 Å². The molecule has 0 aliphatic rings. The molecule has 96 valence electrons. The van der Waals surface area contributed by atoms with Gasteiger partial charge in [0.15, 0.2) is 11.6 Å². The molecule has 5 nitrogen and oxygen atoms in total. The molecule has 3 aromatic rings. The van der Waals surface area contributed by atoms with Crippen molar-refractivity contribution >= 4 is 11.5 Å². The molecule has 1 N–H and O–H groups in total. The van der Waals surface area contributed by atoms with Crippen molar-refractivity contribution < 1.29 is 0 Å². The number of aromatic nitrogens is 5. The second-order valence-electron chi connectivity index (χ2n) is 4.52. The lowest BCUT2D eigenvalue weighted by Crippen LogP contribution is -1.91. The standard InChI is InChI=1S/C13H13N5S/c1-8(2)10-11(19-18-15-10)13-14-12(16-17-13)9-6-4-3-5-7-9/h3-8H,1-2H3,(H,14,16,17). The Bertz CT molecular complexity index is 671. The Kier molecular flexibility index (Phi) is 3.08. The van der Waals surface area contributed by atoms with Gasteiger partial charge in [-0.15, -0.1) is 5.10 Å². The zero-order valence-corrected chi connectivity index (χ0v) is 11.5. The highest BCUT2D eigenvalue weighted by Crippen LogP contribution is 2.29. The number of hydrogen-bond donors (Lipinski definition) is 1. The van der Waals surface area contributed by atoms with E-state index in [-0.39, 0.29) is 0 Å². The van der Waals surface area contributed by atoms with E-state index < -0.39 is 0 Å². The molecular formula is C13H13N5S. The van der Waals surface area contributed by atoms with Crippen LogP contribution in [0.25, 0.3) is 22.1 Å². The van der Waals surface area contributed by atoms with Crippen LogP contribution in [0.3, 0.4) is 0 Å². The van der Waals surface area contributed by atoms with Crippen LogP contribution in [0.15, 0.2) is 30.3 Å². The van der Waals surface area contributed by atoms with Crippen molar-refractivity contribution in [3.05, 3.63) is 36.0 Å². The molecule has 0 atom stereocenters. The smallest absolute Gasteiger partial charge is 0.181 e. The Morgan fingerprint density at radius 1 is 1.16 bits per heavy atom. The van der Waals surface area contributed by atoms with Crippen molar-refractivity contribution in [2.75, 3.05) is 0 Å². The van der Waals surface area contributed by atoms with Crippen LogP contribution < -0.4 is 0 Å². The van der Waals surface area contributed by atoms with Crippen LogP contribution in [-0.2, 0) is 0 Å². The molecule has 0 bridgehead atoms. The molecule has 0 radical (unpaired) electrons. The summed E-state index contributed by atoms with van der Waals surface area (Å²) in [5.74, 6) is 1.75. The van der Waals surface area contributed by atoms with Crippen LogP contribution in [0.4, 0.5) is 0 Å². The van der Waals surface area contributed by atoms with Gasteiger partial charge in [0.25, 0.3) is 0 Å². The van der Waals surface area contributed by atoms with Crippen LogP contribution in [0, 0.1) is 0 Å². The molecule has 0 saturated heterocycles. The van der Waals surface area contributed by atoms with Gasteiger partial charge in [-0.3, -0.25) is 5.10 Å². The van der Waals surface area contributed by atoms with Gasteiger partial charge in [-0.1, -0.05) is 48.7 Å². The number of nitrogens with one attached hydrogen (secondary N) is 1. The van der Waals surface area contributed by atoms with Crippen LogP contribution in [0.2, 0.25) is 0 Å². The summed E-state index contributed by atoms with van der Waals surface area (Å²) in [7, 11) is 0. The molecule has 0 aliphatic carbocycles. The minimum Gasteiger partial charge on any atom is -0.258 e. The first-order chi connectivity index (χ1) is 9.25. The lowest BCUT2D eigenvalue weighted by atomic mass is 10.1. The second-order valence-corrected chi connectivity index (χ2v) is 5.27. The summed E-state index contributed by atoms with van der Waals surface area (Å²) >= 11 is 1.34. The van der Waals surface area contributed by atoms with Gasteiger partial charge >= 0.3 is 0 Å². The molecule has 2 aromatic heterocycles. The van der Waals surface area contributed by atoms with Gasteiger partial charge in [0.1, 0.15) is 4.88 Å². The predicted octanol–water partition coefficient (Wildman–Crippen LogP) is 3.11. The maximum atomic E-state index is 4.53. The van der Waals surface area contributed by atoms with E-state index in [1.807, 2.05) is 30.3 Å². The van der Waals surface area contributed by atoms with Gasteiger partial charge in [0, 0.05) is 5.56 Å². The lowest BCUT2D eigenvalue weighted by Gasteiger charge is -2.00. The average Bonchev–Trinajstić information content (AvgIpc) is 3.08. The van der Waals surface area contributed by atoms with Crippen molar-refractivity contribution in [1.29, 1.82) is 0 Å². The lowest BCUT2D eigenvalue weighted by molar-refractivity contribution is 0.812. The minimum atomic E-state index is 0.319. The minimum absolute atomic E-state index is 0.319. The zero-order valence-electron chi connectivity index (χ0n) is 10.7. The largest absolute Gasteiger partial charge is 0.258 e. The van der Waals surface area contributed by atoms with E-state index in [2.05, 4.69) is 38.6 Å². The van der Waals surface area contributed by atoms with Crippen LogP contribution >= 0.6 is 11.5 Å². The molecule has 0 fully saturated rings. The van der Waals surface area contributed by atoms with Gasteiger partial charge in [-0.2, -0.15) is 5.10 Å². The third-order valence-corrected chi connectivity index (χ3v) is 3.54. The van der Waals surface area contributed by atoms with E-state index >= 15 is 0 Å². The van der Waals surface area contributed by atoms with Gasteiger partial charge in [0.2, 0.25) is 0 Å². The highest BCUT2D eigenvalue weighted by molar-refractivity contribution is 7.09. The molecule has 1 aromatic carbocycles. The number of hydrogen-bond acceptors (Lipinski definition) is 5. The molecule has 0 saturated carbocycles. The summed E-state index contributed by atoms with van der Waals surface area (Å²) in [5.41, 5.74) is 1.95. The molecule has 0 amide bonds. The van der Waals surface area contributed by atoms with Gasteiger partial charge in [-0.05, 0) is 17.5 Å². The SMILES string of the molecule is CC(C)c1nnsc1-c1nc(-c2ccccc2)n[nH]1. The van der Waals surface area contributed by atoms with E-state index in [1.165, 1.54) is 11.5 Å². The Morgan fingerprint density at radius 2 is 1.95 bits per heavy atom. The topological polar surface area (TPSA) is 67.3 Å². The third kappa shape index (κ3) is 2.26. The summed E-state index contributed by atoms with van der Waals surface area (Å²) in [4.78, 5) is 5.49. The Balaban J connectivity index is 2.00. The fraction of sp³-hybridized carbons (Fsp3) is 0.231. The monoisotopic (exact) mass is 271 g/mol. The van der Waals surface area contributed by atoms with Crippen LogP contribution in [0.5, 0.6) is 0 Å². The first kappa shape index (κ1) is 12.0. The van der Waals surface area contributed by atoms with E-state index in [0.29, 0.717) is 11.7 Å². The van der Waals surface area contributed by atoms with E-state index in [9.17, 15) is 0 Å². The Morgan fingerprint density at radius 3 is 2.68 bits per heavy atom. The number of rotatable bonds is 3. The molecular weight excluding hydrogens is 258 g/mol. The molecule has 6 heteroatoms. The molecule has 19 heavy (non-hydrogen) atoms. The number of benzene rings is 1. The Labute approximate surface area is 114 Å². The van der Waals surface area contributed by atoms with Crippen molar-refractivity contribution in [3.63, 3.8) is 0 Å². The summed E-state index contributed by atoms with van der Waals surface area (Å²) in [6.07, 6.45) is 0. The number of H-pyrrole nitrogens is 1. The van der Waals surface area contributed by atoms with Crippen molar-refractivity contribution in [3.8, 4) is 22.1 Å². The van der Waals surface area contributed by atoms with Crippen LogP contribution in [0.1, 0.15) is 25.5 Å². The summed E-state index contributed by atoms with van der Waals surface area (Å²) in [6.45, 7) is 4.18. The van der Waals surface area contributed by atoms with Crippen LogP contribution in [-0.4, -0.2) is 24.8 Å². The Hall–Kier alpha value is -2.08. The average molecular weight is 271 g/mol. The maximum absolute atomic E-state index is 4.53. The first-order valence-electron chi connectivity index (χ1n) is 6.06. The van der Waals surface area contributed by atoms with E-state index in [1.54, 1.807) is 0 Å². The van der Waals surface area contributed by atoms with Crippen molar-refractivity contribution in [2.24, 2.45) is 0 Å². The fourth-order valence-corrected chi connectivity index (χ4v) is 2.58. The summed E-state index contributed by atoms with van der Waals surface area (Å²) in [5, 5.41) is 11.4.